The Morgan fingerprint density at radius 2 is 1.42 bits per heavy atom. The first kappa shape index (κ1) is 19.8. The Kier molecular flexibility index (Phi) is 6.26. The molecule has 0 unspecified atom stereocenters. The molecular weight excluding hydrogens is 367 g/mol. The summed E-state index contributed by atoms with van der Waals surface area (Å²) in [5.41, 5.74) is 1.83. The molecular formula is C18H17ClF3N3O. The van der Waals surface area contributed by atoms with Gasteiger partial charge in [0, 0.05) is 30.2 Å². The smallest absolute Gasteiger partial charge is 0.406 e. The quantitative estimate of drug-likeness (QED) is 0.424. The van der Waals surface area contributed by atoms with Crippen LogP contribution in [-0.4, -0.2) is 36.9 Å². The molecule has 2 rings (SSSR count). The van der Waals surface area contributed by atoms with Gasteiger partial charge >= 0.3 is 6.36 Å². The average molecular weight is 384 g/mol. The van der Waals surface area contributed by atoms with E-state index in [1.54, 1.807) is 36.1 Å². The summed E-state index contributed by atoms with van der Waals surface area (Å²) in [5.74, 6) is 0.373. The molecule has 0 spiro atoms. The number of rotatable bonds is 4. The van der Waals surface area contributed by atoms with E-state index in [0.29, 0.717) is 22.1 Å². The Morgan fingerprint density at radius 1 is 0.923 bits per heavy atom. The molecule has 0 aliphatic carbocycles. The van der Waals surface area contributed by atoms with Crippen molar-refractivity contribution in [1.82, 2.24) is 4.90 Å². The van der Waals surface area contributed by atoms with Crippen LogP contribution in [0.4, 0.5) is 13.2 Å². The summed E-state index contributed by atoms with van der Waals surface area (Å²) < 4.78 is 40.8. The van der Waals surface area contributed by atoms with Crippen molar-refractivity contribution in [2.24, 2.45) is 10.2 Å². The molecule has 138 valence electrons. The van der Waals surface area contributed by atoms with E-state index < -0.39 is 6.36 Å². The Balaban J connectivity index is 2.42. The predicted octanol–water partition coefficient (Wildman–Crippen LogP) is 4.97. The fraction of sp³-hybridized carbons (Fsp3) is 0.222. The van der Waals surface area contributed by atoms with E-state index in [2.05, 4.69) is 14.9 Å². The molecule has 0 saturated heterocycles. The van der Waals surface area contributed by atoms with Gasteiger partial charge in [-0.1, -0.05) is 23.7 Å². The number of ether oxygens (including phenoxy) is 1. The van der Waals surface area contributed by atoms with E-state index in [1.807, 2.05) is 14.1 Å². The monoisotopic (exact) mass is 383 g/mol. The number of alkyl halides is 3. The fourth-order valence-corrected chi connectivity index (χ4v) is 2.04. The Morgan fingerprint density at radius 3 is 1.88 bits per heavy atom. The molecule has 2 aromatic rings. The number of hydrogen-bond acceptors (Lipinski definition) is 3. The maximum atomic E-state index is 12.3. The summed E-state index contributed by atoms with van der Waals surface area (Å²) in [4.78, 5) is 1.79. The number of halogens is 4. The largest absolute Gasteiger partial charge is 0.573 e. The lowest BCUT2D eigenvalue weighted by molar-refractivity contribution is -0.274. The molecule has 0 N–H and O–H groups in total. The minimum absolute atomic E-state index is 0.301. The first-order chi connectivity index (χ1) is 12.2. The van der Waals surface area contributed by atoms with Crippen molar-refractivity contribution in [3.05, 3.63) is 64.7 Å². The SMILES string of the molecule is CC(=NN=C(c1ccc(Cl)cc1)c1ccc(OC(F)(F)F)cc1)N(C)C. The third kappa shape index (κ3) is 5.77. The summed E-state index contributed by atoms with van der Waals surface area (Å²) >= 11 is 5.92. The highest BCUT2D eigenvalue weighted by Crippen LogP contribution is 2.24. The standard InChI is InChI=1S/C18H17ClF3N3O/c1-12(25(2)3)23-24-17(13-4-8-15(19)9-5-13)14-6-10-16(11-7-14)26-18(20,21)22/h4-11H,1-3H3. The molecule has 0 heterocycles. The van der Waals surface area contributed by atoms with Gasteiger partial charge < -0.3 is 9.64 Å². The molecule has 0 radical (unpaired) electrons. The zero-order valence-corrected chi connectivity index (χ0v) is 15.1. The van der Waals surface area contributed by atoms with Gasteiger partial charge in [0.2, 0.25) is 0 Å². The molecule has 0 amide bonds. The maximum absolute atomic E-state index is 12.3. The lowest BCUT2D eigenvalue weighted by Crippen LogP contribution is -2.18. The van der Waals surface area contributed by atoms with E-state index in [0.717, 1.165) is 5.56 Å². The van der Waals surface area contributed by atoms with Crippen molar-refractivity contribution in [3.8, 4) is 5.75 Å². The Hall–Kier alpha value is -2.54. The van der Waals surface area contributed by atoms with E-state index in [1.165, 1.54) is 24.3 Å². The topological polar surface area (TPSA) is 37.2 Å². The van der Waals surface area contributed by atoms with Crippen LogP contribution in [0.3, 0.4) is 0 Å². The maximum Gasteiger partial charge on any atom is 0.573 e. The van der Waals surface area contributed by atoms with Gasteiger partial charge in [-0.25, -0.2) is 0 Å². The van der Waals surface area contributed by atoms with Crippen LogP contribution in [0.25, 0.3) is 0 Å². The van der Waals surface area contributed by atoms with E-state index >= 15 is 0 Å². The molecule has 8 heteroatoms. The molecule has 0 bridgehead atoms. The fourth-order valence-electron chi connectivity index (χ4n) is 1.92. The van der Waals surface area contributed by atoms with Crippen molar-refractivity contribution in [2.45, 2.75) is 13.3 Å². The summed E-state index contributed by atoms with van der Waals surface area (Å²) in [6, 6.07) is 12.4. The minimum atomic E-state index is -4.73. The lowest BCUT2D eigenvalue weighted by Gasteiger charge is -2.11. The van der Waals surface area contributed by atoms with Crippen LogP contribution in [0.2, 0.25) is 5.02 Å². The van der Waals surface area contributed by atoms with Crippen molar-refractivity contribution < 1.29 is 17.9 Å². The van der Waals surface area contributed by atoms with E-state index in [-0.39, 0.29) is 5.75 Å². The second kappa shape index (κ2) is 8.23. The van der Waals surface area contributed by atoms with Crippen LogP contribution in [0, 0.1) is 0 Å². The average Bonchev–Trinajstić information content (AvgIpc) is 2.56. The van der Waals surface area contributed by atoms with Gasteiger partial charge in [0.25, 0.3) is 0 Å². The van der Waals surface area contributed by atoms with Crippen LogP contribution in [0.5, 0.6) is 5.75 Å². The normalized spacial score (nSPS) is 12.9. The Labute approximate surface area is 154 Å². The van der Waals surface area contributed by atoms with Gasteiger partial charge in [-0.3, -0.25) is 0 Å². The van der Waals surface area contributed by atoms with Crippen molar-refractivity contribution in [3.63, 3.8) is 0 Å². The van der Waals surface area contributed by atoms with Gasteiger partial charge in [-0.2, -0.15) is 0 Å². The molecule has 0 aliphatic heterocycles. The van der Waals surface area contributed by atoms with E-state index in [9.17, 15) is 13.2 Å². The molecule has 0 aromatic heterocycles. The van der Waals surface area contributed by atoms with Crippen LogP contribution in [-0.2, 0) is 0 Å². The molecule has 4 nitrogen and oxygen atoms in total. The Bertz CT molecular complexity index is 798. The number of hydrogen-bond donors (Lipinski definition) is 0. The second-order valence-corrected chi connectivity index (χ2v) is 6.01. The zero-order valence-electron chi connectivity index (χ0n) is 14.4. The van der Waals surface area contributed by atoms with Gasteiger partial charge in [0.1, 0.15) is 17.3 Å². The van der Waals surface area contributed by atoms with Gasteiger partial charge in [0.05, 0.1) is 0 Å². The predicted molar refractivity (Wildman–Crippen MR) is 97.0 cm³/mol. The molecule has 0 saturated carbocycles. The first-order valence-corrected chi connectivity index (χ1v) is 7.95. The highest BCUT2D eigenvalue weighted by atomic mass is 35.5. The highest BCUT2D eigenvalue weighted by Gasteiger charge is 2.31. The summed E-state index contributed by atoms with van der Waals surface area (Å²) in [6.45, 7) is 1.79. The van der Waals surface area contributed by atoms with Crippen molar-refractivity contribution >= 4 is 23.1 Å². The van der Waals surface area contributed by atoms with Gasteiger partial charge in [-0.15, -0.1) is 23.4 Å². The molecule has 0 atom stereocenters. The summed E-state index contributed by atoms with van der Waals surface area (Å²) in [7, 11) is 3.67. The second-order valence-electron chi connectivity index (χ2n) is 5.57. The van der Waals surface area contributed by atoms with Gasteiger partial charge in [0.15, 0.2) is 0 Å². The van der Waals surface area contributed by atoms with Crippen LogP contribution < -0.4 is 4.74 Å². The minimum Gasteiger partial charge on any atom is -0.406 e. The summed E-state index contributed by atoms with van der Waals surface area (Å²) in [5, 5.41) is 9.01. The van der Waals surface area contributed by atoms with Crippen molar-refractivity contribution in [2.75, 3.05) is 14.1 Å². The molecule has 26 heavy (non-hydrogen) atoms. The number of benzene rings is 2. The highest BCUT2D eigenvalue weighted by molar-refractivity contribution is 6.30. The van der Waals surface area contributed by atoms with Crippen LogP contribution in [0.1, 0.15) is 18.1 Å². The number of amidine groups is 1. The summed E-state index contributed by atoms with van der Waals surface area (Å²) in [6.07, 6.45) is -4.73. The molecule has 0 aliphatic rings. The number of nitrogens with zero attached hydrogens (tertiary/aromatic N) is 3. The third-order valence-electron chi connectivity index (χ3n) is 3.42. The lowest BCUT2D eigenvalue weighted by atomic mass is 10.0. The van der Waals surface area contributed by atoms with Crippen LogP contribution in [0.15, 0.2) is 58.7 Å². The zero-order chi connectivity index (χ0) is 19.3. The van der Waals surface area contributed by atoms with Crippen LogP contribution >= 0.6 is 11.6 Å². The molecule has 0 fully saturated rings. The molecule has 2 aromatic carbocycles. The van der Waals surface area contributed by atoms with Crippen molar-refractivity contribution in [1.29, 1.82) is 0 Å². The first-order valence-electron chi connectivity index (χ1n) is 7.57. The van der Waals surface area contributed by atoms with Gasteiger partial charge in [-0.05, 0) is 43.3 Å². The van der Waals surface area contributed by atoms with E-state index in [4.69, 9.17) is 11.6 Å². The third-order valence-corrected chi connectivity index (χ3v) is 3.67.